The van der Waals surface area contributed by atoms with E-state index >= 15 is 0 Å². The molecule has 180 valence electrons. The van der Waals surface area contributed by atoms with Crippen molar-refractivity contribution < 1.29 is 19.1 Å². The van der Waals surface area contributed by atoms with Crippen molar-refractivity contribution in [2.75, 3.05) is 36.2 Å². The average Bonchev–Trinajstić information content (AvgIpc) is 3.04. The predicted molar refractivity (Wildman–Crippen MR) is 138 cm³/mol. The number of rotatable bonds is 10. The van der Waals surface area contributed by atoms with Crippen LogP contribution in [-0.2, 0) is 14.4 Å². The van der Waals surface area contributed by atoms with Crippen LogP contribution in [0, 0.1) is 0 Å². The number of amides is 3. The molecule has 1 fully saturated rings. The first kappa shape index (κ1) is 25.5. The van der Waals surface area contributed by atoms with E-state index < -0.39 is 6.04 Å². The standard InChI is InChI=1S/C24H28N4O4S2/c1-4-32-19-10-8-17(9-11-19)26-22(30)15-21-23(31)28(18-6-5-7-20(14-18)34-3)24(33)27(21)13-12-25-16(2)29/h5-11,14,21H,4,12-13,15H2,1-3H3,(H,25,29)(H,26,30)/t21-/m1/s1. The van der Waals surface area contributed by atoms with Crippen LogP contribution in [0.25, 0.3) is 0 Å². The highest BCUT2D eigenvalue weighted by molar-refractivity contribution is 7.98. The molecule has 34 heavy (non-hydrogen) atoms. The maximum absolute atomic E-state index is 13.4. The molecule has 10 heteroatoms. The average molecular weight is 501 g/mol. The molecule has 1 atom stereocenters. The van der Waals surface area contributed by atoms with Gasteiger partial charge in [0.2, 0.25) is 11.8 Å². The van der Waals surface area contributed by atoms with Crippen LogP contribution in [0.5, 0.6) is 5.75 Å². The molecule has 2 aromatic carbocycles. The lowest BCUT2D eigenvalue weighted by molar-refractivity contribution is -0.124. The SMILES string of the molecule is CCOc1ccc(NC(=O)C[C@@H]2C(=O)N(c3cccc(SC)c3)C(=S)N2CCNC(C)=O)cc1. The molecule has 0 unspecified atom stereocenters. The van der Waals surface area contributed by atoms with Crippen LogP contribution in [0.1, 0.15) is 20.3 Å². The van der Waals surface area contributed by atoms with Gasteiger partial charge in [-0.15, -0.1) is 11.8 Å². The van der Waals surface area contributed by atoms with Gasteiger partial charge in [0.15, 0.2) is 5.11 Å². The number of anilines is 2. The van der Waals surface area contributed by atoms with Crippen LogP contribution in [0.3, 0.4) is 0 Å². The molecule has 8 nitrogen and oxygen atoms in total. The fourth-order valence-corrected chi connectivity index (χ4v) is 4.48. The topological polar surface area (TPSA) is 91.0 Å². The Labute approximate surface area is 209 Å². The molecule has 0 bridgehead atoms. The number of thioether (sulfide) groups is 1. The lowest BCUT2D eigenvalue weighted by atomic mass is 10.1. The Hall–Kier alpha value is -3.11. The van der Waals surface area contributed by atoms with E-state index in [-0.39, 0.29) is 24.1 Å². The summed E-state index contributed by atoms with van der Waals surface area (Å²) in [6.45, 7) is 4.49. The zero-order valence-electron chi connectivity index (χ0n) is 19.4. The second-order valence-corrected chi connectivity index (χ2v) is 8.80. The first-order chi connectivity index (χ1) is 16.3. The lowest BCUT2D eigenvalue weighted by Gasteiger charge is -2.24. The highest BCUT2D eigenvalue weighted by Crippen LogP contribution is 2.30. The van der Waals surface area contributed by atoms with Gasteiger partial charge in [-0.25, -0.2) is 0 Å². The molecule has 0 radical (unpaired) electrons. The van der Waals surface area contributed by atoms with Gasteiger partial charge in [-0.3, -0.25) is 19.3 Å². The third kappa shape index (κ3) is 6.27. The predicted octanol–water partition coefficient (Wildman–Crippen LogP) is 3.27. The van der Waals surface area contributed by atoms with Crippen molar-refractivity contribution >= 4 is 58.2 Å². The maximum Gasteiger partial charge on any atom is 0.256 e. The second-order valence-electron chi connectivity index (χ2n) is 7.56. The summed E-state index contributed by atoms with van der Waals surface area (Å²) in [5, 5.41) is 5.87. The number of carbonyl (C=O) groups excluding carboxylic acids is 3. The first-order valence-electron chi connectivity index (χ1n) is 10.9. The van der Waals surface area contributed by atoms with Gasteiger partial charge in [0, 0.05) is 30.6 Å². The van der Waals surface area contributed by atoms with Crippen LogP contribution in [0.15, 0.2) is 53.4 Å². The number of ether oxygens (including phenoxy) is 1. The third-order valence-electron chi connectivity index (χ3n) is 5.18. The van der Waals surface area contributed by atoms with Crippen LogP contribution < -0.4 is 20.3 Å². The molecule has 1 saturated heterocycles. The van der Waals surface area contributed by atoms with Crippen molar-refractivity contribution in [2.24, 2.45) is 0 Å². The van der Waals surface area contributed by atoms with Gasteiger partial charge < -0.3 is 20.3 Å². The molecule has 3 rings (SSSR count). The third-order valence-corrected chi connectivity index (χ3v) is 6.33. The van der Waals surface area contributed by atoms with E-state index in [1.807, 2.05) is 37.4 Å². The molecular formula is C24H28N4O4S2. The van der Waals surface area contributed by atoms with E-state index in [0.717, 1.165) is 4.90 Å². The van der Waals surface area contributed by atoms with E-state index in [2.05, 4.69) is 10.6 Å². The summed E-state index contributed by atoms with van der Waals surface area (Å²) in [5.74, 6) is -0.0442. The summed E-state index contributed by atoms with van der Waals surface area (Å²) < 4.78 is 5.42. The number of thiocarbonyl (C=S) groups is 1. The van der Waals surface area contributed by atoms with Crippen molar-refractivity contribution in [2.45, 2.75) is 31.2 Å². The summed E-state index contributed by atoms with van der Waals surface area (Å²) in [5.41, 5.74) is 1.26. The van der Waals surface area contributed by atoms with Gasteiger partial charge >= 0.3 is 0 Å². The highest BCUT2D eigenvalue weighted by atomic mass is 32.2. The van der Waals surface area contributed by atoms with Crippen LogP contribution in [0.4, 0.5) is 11.4 Å². The van der Waals surface area contributed by atoms with E-state index in [4.69, 9.17) is 17.0 Å². The summed E-state index contributed by atoms with van der Waals surface area (Å²) in [6.07, 6.45) is 1.88. The summed E-state index contributed by atoms with van der Waals surface area (Å²) in [4.78, 5) is 41.8. The molecule has 3 amide bonds. The molecule has 2 aromatic rings. The molecule has 0 saturated carbocycles. The highest BCUT2D eigenvalue weighted by Gasteiger charge is 2.44. The van der Waals surface area contributed by atoms with Crippen molar-refractivity contribution in [3.05, 3.63) is 48.5 Å². The van der Waals surface area contributed by atoms with Gasteiger partial charge in [-0.05, 0) is 67.9 Å². The number of carbonyl (C=O) groups is 3. The minimum Gasteiger partial charge on any atom is -0.494 e. The van der Waals surface area contributed by atoms with Crippen molar-refractivity contribution in [3.63, 3.8) is 0 Å². The normalized spacial score (nSPS) is 15.4. The second kappa shape index (κ2) is 11.8. The Bertz CT molecular complexity index is 1060. The van der Waals surface area contributed by atoms with Crippen molar-refractivity contribution in [1.29, 1.82) is 0 Å². The number of benzene rings is 2. The smallest absolute Gasteiger partial charge is 0.256 e. The number of nitrogens with one attached hydrogen (secondary N) is 2. The fraction of sp³-hybridized carbons (Fsp3) is 0.333. The number of hydrogen-bond donors (Lipinski definition) is 2. The Morgan fingerprint density at radius 1 is 1.18 bits per heavy atom. The fourth-order valence-electron chi connectivity index (χ4n) is 3.62. The molecule has 0 aromatic heterocycles. The van der Waals surface area contributed by atoms with Gasteiger partial charge in [0.05, 0.1) is 18.7 Å². The number of hydrogen-bond acceptors (Lipinski definition) is 6. The van der Waals surface area contributed by atoms with Gasteiger partial charge in [-0.1, -0.05) is 6.07 Å². The molecular weight excluding hydrogens is 472 g/mol. The van der Waals surface area contributed by atoms with E-state index in [1.54, 1.807) is 40.9 Å². The minimum atomic E-state index is -0.776. The Morgan fingerprint density at radius 3 is 2.56 bits per heavy atom. The molecule has 1 heterocycles. The monoisotopic (exact) mass is 500 g/mol. The Balaban J connectivity index is 1.78. The summed E-state index contributed by atoms with van der Waals surface area (Å²) >= 11 is 7.21. The van der Waals surface area contributed by atoms with Gasteiger partial charge in [0.25, 0.3) is 5.91 Å². The minimum absolute atomic E-state index is 0.0784. The molecule has 0 aliphatic carbocycles. The maximum atomic E-state index is 13.4. The Morgan fingerprint density at radius 2 is 1.91 bits per heavy atom. The van der Waals surface area contributed by atoms with Gasteiger partial charge in [0.1, 0.15) is 11.8 Å². The largest absolute Gasteiger partial charge is 0.494 e. The Kier molecular flexibility index (Phi) is 8.89. The van der Waals surface area contributed by atoms with E-state index in [0.29, 0.717) is 41.9 Å². The summed E-state index contributed by atoms with van der Waals surface area (Å²) in [7, 11) is 0. The summed E-state index contributed by atoms with van der Waals surface area (Å²) in [6, 6.07) is 13.8. The van der Waals surface area contributed by atoms with Crippen molar-refractivity contribution in [3.8, 4) is 5.75 Å². The van der Waals surface area contributed by atoms with Crippen LogP contribution in [0.2, 0.25) is 0 Å². The molecule has 0 spiro atoms. The van der Waals surface area contributed by atoms with E-state index in [9.17, 15) is 14.4 Å². The number of nitrogens with zero attached hydrogens (tertiary/aromatic N) is 2. The van der Waals surface area contributed by atoms with Gasteiger partial charge in [-0.2, -0.15) is 0 Å². The van der Waals surface area contributed by atoms with Crippen molar-refractivity contribution in [1.82, 2.24) is 10.2 Å². The van der Waals surface area contributed by atoms with Crippen LogP contribution >= 0.6 is 24.0 Å². The molecule has 1 aliphatic rings. The van der Waals surface area contributed by atoms with Crippen LogP contribution in [-0.4, -0.2) is 59.7 Å². The zero-order chi connectivity index (χ0) is 24.7. The molecule has 1 aliphatic heterocycles. The van der Waals surface area contributed by atoms with E-state index in [1.165, 1.54) is 11.8 Å². The lowest BCUT2D eigenvalue weighted by Crippen LogP contribution is -2.42. The zero-order valence-corrected chi connectivity index (χ0v) is 21.0. The molecule has 2 N–H and O–H groups in total. The first-order valence-corrected chi connectivity index (χ1v) is 12.5. The quantitative estimate of drug-likeness (QED) is 0.382.